The molecule has 1 aromatic rings. The third kappa shape index (κ3) is 1.65. The van der Waals surface area contributed by atoms with Gasteiger partial charge in [-0.05, 0) is 43.2 Å². The first-order valence-electron chi connectivity index (χ1n) is 5.27. The second kappa shape index (κ2) is 3.84. The molecule has 1 nitrogen and oxygen atoms in total. The lowest BCUT2D eigenvalue weighted by Crippen LogP contribution is -2.09. The number of nitrogens with zero attached hydrogens (tertiary/aromatic N) is 1. The summed E-state index contributed by atoms with van der Waals surface area (Å²) in [6.07, 6.45) is 4.29. The number of nitriles is 1. The van der Waals surface area contributed by atoms with Gasteiger partial charge in [-0.3, -0.25) is 0 Å². The number of hydrogen-bond donors (Lipinski definition) is 0. The van der Waals surface area contributed by atoms with Crippen LogP contribution in [-0.2, 0) is 6.42 Å². The van der Waals surface area contributed by atoms with Gasteiger partial charge in [0.25, 0.3) is 0 Å². The molecular weight excluding hydrogens is 170 g/mol. The maximum absolute atomic E-state index is 8.76. The zero-order valence-corrected chi connectivity index (χ0v) is 8.59. The highest BCUT2D eigenvalue weighted by atomic mass is 14.3. The van der Waals surface area contributed by atoms with Gasteiger partial charge in [-0.25, -0.2) is 0 Å². The fraction of sp³-hybridized carbons (Fsp3) is 0.462. The van der Waals surface area contributed by atoms with Crippen LogP contribution < -0.4 is 0 Å². The van der Waals surface area contributed by atoms with E-state index in [1.54, 1.807) is 0 Å². The van der Waals surface area contributed by atoms with Crippen molar-refractivity contribution in [3.05, 3.63) is 34.9 Å². The SMILES string of the molecule is Cc1ccc2c(c1)C(CC#N)CCC2. The second-order valence-electron chi connectivity index (χ2n) is 4.15. The van der Waals surface area contributed by atoms with Gasteiger partial charge in [0.1, 0.15) is 0 Å². The number of fused-ring (bicyclic) bond motifs is 1. The minimum atomic E-state index is 0.489. The topological polar surface area (TPSA) is 23.8 Å². The van der Waals surface area contributed by atoms with Crippen molar-refractivity contribution in [1.82, 2.24) is 0 Å². The number of aryl methyl sites for hydroxylation is 2. The molecule has 0 aromatic heterocycles. The maximum atomic E-state index is 8.76. The lowest BCUT2D eigenvalue weighted by Gasteiger charge is -2.23. The second-order valence-corrected chi connectivity index (χ2v) is 4.15. The van der Waals surface area contributed by atoms with E-state index in [0.29, 0.717) is 12.3 Å². The van der Waals surface area contributed by atoms with Crippen molar-refractivity contribution in [2.24, 2.45) is 0 Å². The smallest absolute Gasteiger partial charge is 0.0628 e. The van der Waals surface area contributed by atoms with E-state index in [9.17, 15) is 0 Å². The summed E-state index contributed by atoms with van der Waals surface area (Å²) in [6, 6.07) is 8.96. The van der Waals surface area contributed by atoms with Crippen molar-refractivity contribution in [3.8, 4) is 6.07 Å². The van der Waals surface area contributed by atoms with Gasteiger partial charge in [-0.2, -0.15) is 5.26 Å². The van der Waals surface area contributed by atoms with Gasteiger partial charge in [0.05, 0.1) is 6.07 Å². The highest BCUT2D eigenvalue weighted by molar-refractivity contribution is 5.36. The van der Waals surface area contributed by atoms with Gasteiger partial charge in [-0.1, -0.05) is 23.8 Å². The van der Waals surface area contributed by atoms with Gasteiger partial charge in [0, 0.05) is 6.42 Å². The monoisotopic (exact) mass is 185 g/mol. The predicted molar refractivity (Wildman–Crippen MR) is 57.1 cm³/mol. The molecule has 0 saturated carbocycles. The third-order valence-electron chi connectivity index (χ3n) is 3.08. The van der Waals surface area contributed by atoms with Crippen LogP contribution in [0.15, 0.2) is 18.2 Å². The first-order chi connectivity index (χ1) is 6.81. The fourth-order valence-corrected chi connectivity index (χ4v) is 2.34. The Balaban J connectivity index is 2.37. The van der Waals surface area contributed by atoms with Crippen molar-refractivity contribution in [2.75, 3.05) is 0 Å². The number of rotatable bonds is 1. The Kier molecular flexibility index (Phi) is 2.54. The van der Waals surface area contributed by atoms with Crippen LogP contribution in [0.3, 0.4) is 0 Å². The molecule has 0 N–H and O–H groups in total. The normalized spacial score (nSPS) is 19.9. The van der Waals surface area contributed by atoms with Crippen molar-refractivity contribution in [1.29, 1.82) is 5.26 Å². The Labute approximate surface area is 85.4 Å². The van der Waals surface area contributed by atoms with Gasteiger partial charge in [0.2, 0.25) is 0 Å². The zero-order valence-electron chi connectivity index (χ0n) is 8.59. The molecule has 0 radical (unpaired) electrons. The van der Waals surface area contributed by atoms with Gasteiger partial charge in [0.15, 0.2) is 0 Å². The molecular formula is C13H15N. The first kappa shape index (κ1) is 9.27. The van der Waals surface area contributed by atoms with E-state index in [-0.39, 0.29) is 0 Å². The molecule has 0 bridgehead atoms. The van der Waals surface area contributed by atoms with Crippen molar-refractivity contribution in [2.45, 2.75) is 38.5 Å². The standard InChI is InChI=1S/C13H15N/c1-10-5-6-11-3-2-4-12(7-8-14)13(11)9-10/h5-6,9,12H,2-4,7H2,1H3. The van der Waals surface area contributed by atoms with Crippen molar-refractivity contribution < 1.29 is 0 Å². The van der Waals surface area contributed by atoms with Crippen LogP contribution in [0.2, 0.25) is 0 Å². The number of benzene rings is 1. The van der Waals surface area contributed by atoms with Crippen LogP contribution in [-0.4, -0.2) is 0 Å². The molecule has 2 rings (SSSR count). The molecule has 1 aliphatic rings. The number of hydrogen-bond acceptors (Lipinski definition) is 1. The molecule has 14 heavy (non-hydrogen) atoms. The predicted octanol–water partition coefficient (Wildman–Crippen LogP) is 3.33. The van der Waals surface area contributed by atoms with Gasteiger partial charge in [-0.15, -0.1) is 0 Å². The average Bonchev–Trinajstić information content (AvgIpc) is 2.19. The summed E-state index contributed by atoms with van der Waals surface area (Å²) in [4.78, 5) is 0. The van der Waals surface area contributed by atoms with E-state index in [1.807, 2.05) is 0 Å². The summed E-state index contributed by atoms with van der Waals surface area (Å²) < 4.78 is 0. The summed E-state index contributed by atoms with van der Waals surface area (Å²) >= 11 is 0. The highest BCUT2D eigenvalue weighted by Gasteiger charge is 2.19. The Morgan fingerprint density at radius 2 is 2.36 bits per heavy atom. The molecule has 0 heterocycles. The quantitative estimate of drug-likeness (QED) is 0.658. The summed E-state index contributed by atoms with van der Waals surface area (Å²) in [5.41, 5.74) is 4.20. The van der Waals surface area contributed by atoms with E-state index in [0.717, 1.165) is 0 Å². The molecule has 1 aliphatic carbocycles. The lowest BCUT2D eigenvalue weighted by molar-refractivity contribution is 0.561. The molecule has 1 unspecified atom stereocenters. The summed E-state index contributed by atoms with van der Waals surface area (Å²) in [5, 5.41) is 8.76. The highest BCUT2D eigenvalue weighted by Crippen LogP contribution is 2.34. The average molecular weight is 185 g/mol. The van der Waals surface area contributed by atoms with Crippen LogP contribution in [0.25, 0.3) is 0 Å². The molecule has 1 heteroatoms. The third-order valence-corrected chi connectivity index (χ3v) is 3.08. The van der Waals surface area contributed by atoms with Gasteiger partial charge < -0.3 is 0 Å². The summed E-state index contributed by atoms with van der Waals surface area (Å²) in [5.74, 6) is 0.489. The lowest BCUT2D eigenvalue weighted by atomic mass is 9.81. The molecule has 0 amide bonds. The van der Waals surface area contributed by atoms with Crippen molar-refractivity contribution in [3.63, 3.8) is 0 Å². The molecule has 72 valence electrons. The largest absolute Gasteiger partial charge is 0.198 e. The minimum absolute atomic E-state index is 0.489. The summed E-state index contributed by atoms with van der Waals surface area (Å²) in [6.45, 7) is 2.12. The van der Waals surface area contributed by atoms with Crippen LogP contribution in [0.5, 0.6) is 0 Å². The Bertz CT molecular complexity index is 373. The van der Waals surface area contributed by atoms with E-state index >= 15 is 0 Å². The van der Waals surface area contributed by atoms with Gasteiger partial charge >= 0.3 is 0 Å². The van der Waals surface area contributed by atoms with E-state index in [1.165, 1.54) is 36.0 Å². The van der Waals surface area contributed by atoms with E-state index in [2.05, 4.69) is 31.2 Å². The van der Waals surface area contributed by atoms with Crippen molar-refractivity contribution >= 4 is 0 Å². The Morgan fingerprint density at radius 3 is 3.14 bits per heavy atom. The minimum Gasteiger partial charge on any atom is -0.198 e. The molecule has 0 saturated heterocycles. The molecule has 0 spiro atoms. The van der Waals surface area contributed by atoms with Crippen LogP contribution in [0, 0.1) is 18.3 Å². The maximum Gasteiger partial charge on any atom is 0.0628 e. The van der Waals surface area contributed by atoms with Crippen LogP contribution >= 0.6 is 0 Å². The van der Waals surface area contributed by atoms with Crippen LogP contribution in [0.1, 0.15) is 41.9 Å². The molecule has 0 fully saturated rings. The molecule has 0 aliphatic heterocycles. The summed E-state index contributed by atoms with van der Waals surface area (Å²) in [7, 11) is 0. The molecule has 1 atom stereocenters. The molecule has 1 aromatic carbocycles. The Morgan fingerprint density at radius 1 is 1.50 bits per heavy atom. The van der Waals surface area contributed by atoms with E-state index < -0.39 is 0 Å². The first-order valence-corrected chi connectivity index (χ1v) is 5.27. The fourth-order valence-electron chi connectivity index (χ4n) is 2.34. The van der Waals surface area contributed by atoms with Crippen LogP contribution in [0.4, 0.5) is 0 Å². The Hall–Kier alpha value is -1.29. The zero-order chi connectivity index (χ0) is 9.97. The van der Waals surface area contributed by atoms with E-state index in [4.69, 9.17) is 5.26 Å².